The fourth-order valence-corrected chi connectivity index (χ4v) is 0.612. The zero-order valence-corrected chi connectivity index (χ0v) is 8.13. The number of phenols is 2. The van der Waals surface area contributed by atoms with Crippen molar-refractivity contribution in [1.29, 1.82) is 0 Å². The van der Waals surface area contributed by atoms with Crippen LogP contribution in [0, 0.1) is 6.92 Å². The van der Waals surface area contributed by atoms with E-state index >= 15 is 0 Å². The molecule has 2 N–H and O–H groups in total. The summed E-state index contributed by atoms with van der Waals surface area (Å²) in [6, 6.07) is 4.67. The molecule has 0 saturated carbocycles. The number of rotatable bonds is 0. The molecule has 0 fully saturated rings. The summed E-state index contributed by atoms with van der Waals surface area (Å²) in [7, 11) is 0. The molecule has 0 aliphatic heterocycles. The number of phenolic OH excluding ortho intramolecular Hbond substituents is 2. The maximum atomic E-state index is 8.94. The molecule has 0 aliphatic carbocycles. The third kappa shape index (κ3) is 1.90. The molecule has 0 unspecified atom stereocenters. The van der Waals surface area contributed by atoms with Crippen molar-refractivity contribution >= 4 is 0 Å². The largest absolute Gasteiger partial charge is 1.00 e. The van der Waals surface area contributed by atoms with Crippen LogP contribution in [-0.2, 0) is 0 Å². The molecule has 0 amide bonds. The first kappa shape index (κ1) is 9.82. The normalized spacial score (nSPS) is 8.50. The standard InChI is InChI=1S/C7H8O2.Na.H/c1-5-6(8)3-2-4-7(5)9;;/h2-4,8-9H,1H3;;/q;+1;-1. The minimum Gasteiger partial charge on any atom is -1.00 e. The van der Waals surface area contributed by atoms with Gasteiger partial charge in [-0.25, -0.2) is 0 Å². The number of aromatic hydroxyl groups is 2. The van der Waals surface area contributed by atoms with Crippen LogP contribution in [0.4, 0.5) is 0 Å². The minimum atomic E-state index is 0. The maximum Gasteiger partial charge on any atom is 1.00 e. The van der Waals surface area contributed by atoms with Gasteiger partial charge in [-0.3, -0.25) is 0 Å². The number of benzene rings is 1. The Morgan fingerprint density at radius 2 is 1.60 bits per heavy atom. The predicted molar refractivity (Wildman–Crippen MR) is 35.6 cm³/mol. The first-order chi connectivity index (χ1) is 4.22. The second-order valence-electron chi connectivity index (χ2n) is 1.92. The van der Waals surface area contributed by atoms with Crippen LogP contribution in [0.3, 0.4) is 0 Å². The van der Waals surface area contributed by atoms with Gasteiger partial charge in [-0.05, 0) is 19.1 Å². The zero-order chi connectivity index (χ0) is 6.85. The van der Waals surface area contributed by atoms with Crippen LogP contribution in [0.1, 0.15) is 6.99 Å². The summed E-state index contributed by atoms with van der Waals surface area (Å²) >= 11 is 0. The molecular weight excluding hydrogens is 139 g/mol. The summed E-state index contributed by atoms with van der Waals surface area (Å²) in [4.78, 5) is 0. The second-order valence-corrected chi connectivity index (χ2v) is 1.92. The zero-order valence-electron chi connectivity index (χ0n) is 7.13. The van der Waals surface area contributed by atoms with Crippen LogP contribution in [0.2, 0.25) is 0 Å². The third-order valence-electron chi connectivity index (χ3n) is 1.28. The smallest absolute Gasteiger partial charge is 1.00 e. The van der Waals surface area contributed by atoms with E-state index in [0.717, 1.165) is 0 Å². The van der Waals surface area contributed by atoms with Gasteiger partial charge in [0.05, 0.1) is 0 Å². The van der Waals surface area contributed by atoms with E-state index in [1.54, 1.807) is 13.0 Å². The van der Waals surface area contributed by atoms with E-state index in [4.69, 9.17) is 10.2 Å². The van der Waals surface area contributed by atoms with Crippen molar-refractivity contribution in [3.8, 4) is 11.5 Å². The van der Waals surface area contributed by atoms with Gasteiger partial charge in [0.15, 0.2) is 0 Å². The molecule has 10 heavy (non-hydrogen) atoms. The maximum absolute atomic E-state index is 8.94. The number of hydrogen-bond donors (Lipinski definition) is 2. The van der Waals surface area contributed by atoms with Crippen LogP contribution in [0.5, 0.6) is 11.5 Å². The molecule has 0 bridgehead atoms. The van der Waals surface area contributed by atoms with E-state index < -0.39 is 0 Å². The Hall–Kier alpha value is -0.180. The minimum absolute atomic E-state index is 0. The van der Waals surface area contributed by atoms with E-state index in [-0.39, 0.29) is 42.5 Å². The van der Waals surface area contributed by atoms with Crippen molar-refractivity contribution in [2.24, 2.45) is 0 Å². The van der Waals surface area contributed by atoms with Crippen molar-refractivity contribution in [3.63, 3.8) is 0 Å². The molecule has 2 nitrogen and oxygen atoms in total. The van der Waals surface area contributed by atoms with Gasteiger partial charge in [-0.2, -0.15) is 0 Å². The molecular formula is C7H9NaO2. The molecule has 1 aromatic rings. The van der Waals surface area contributed by atoms with Crippen LogP contribution in [0.15, 0.2) is 18.2 Å². The van der Waals surface area contributed by atoms with Gasteiger partial charge < -0.3 is 11.6 Å². The van der Waals surface area contributed by atoms with Gasteiger partial charge in [-0.1, -0.05) is 6.07 Å². The summed E-state index contributed by atoms with van der Waals surface area (Å²) in [5.41, 5.74) is 0.525. The molecule has 0 aromatic heterocycles. The number of hydrogen-bond acceptors (Lipinski definition) is 2. The Morgan fingerprint density at radius 3 is 1.90 bits per heavy atom. The van der Waals surface area contributed by atoms with Gasteiger partial charge in [-0.15, -0.1) is 0 Å². The molecule has 1 aromatic carbocycles. The quantitative estimate of drug-likeness (QED) is 0.441. The first-order valence-electron chi connectivity index (χ1n) is 2.69. The van der Waals surface area contributed by atoms with E-state index in [1.807, 2.05) is 0 Å². The molecule has 0 heterocycles. The summed E-state index contributed by atoms with van der Waals surface area (Å²) < 4.78 is 0. The summed E-state index contributed by atoms with van der Waals surface area (Å²) in [5, 5.41) is 17.9. The Morgan fingerprint density at radius 1 is 1.20 bits per heavy atom. The van der Waals surface area contributed by atoms with Crippen molar-refractivity contribution in [3.05, 3.63) is 23.8 Å². The fraction of sp³-hybridized carbons (Fsp3) is 0.143. The molecule has 0 atom stereocenters. The van der Waals surface area contributed by atoms with Crippen LogP contribution in [0.25, 0.3) is 0 Å². The molecule has 0 radical (unpaired) electrons. The van der Waals surface area contributed by atoms with E-state index in [9.17, 15) is 0 Å². The Balaban J connectivity index is 0. The van der Waals surface area contributed by atoms with Gasteiger partial charge in [0.1, 0.15) is 11.5 Å². The van der Waals surface area contributed by atoms with Gasteiger partial charge in [0.2, 0.25) is 0 Å². The average Bonchev–Trinajstić information content (AvgIpc) is 1.83. The molecule has 0 spiro atoms. The van der Waals surface area contributed by atoms with E-state index in [1.165, 1.54) is 12.1 Å². The molecule has 3 heteroatoms. The Labute approximate surface area is 83.3 Å². The van der Waals surface area contributed by atoms with Crippen molar-refractivity contribution in [1.82, 2.24) is 0 Å². The van der Waals surface area contributed by atoms with Crippen LogP contribution >= 0.6 is 0 Å². The predicted octanol–water partition coefficient (Wildman–Crippen LogP) is -1.48. The third-order valence-corrected chi connectivity index (χ3v) is 1.28. The molecule has 1 rings (SSSR count). The van der Waals surface area contributed by atoms with Crippen molar-refractivity contribution in [2.45, 2.75) is 6.92 Å². The summed E-state index contributed by atoms with van der Waals surface area (Å²) in [5.74, 6) is 0.269. The SMILES string of the molecule is Cc1c(O)cccc1O.[H-].[Na+]. The van der Waals surface area contributed by atoms with E-state index in [2.05, 4.69) is 0 Å². The average molecular weight is 148 g/mol. The van der Waals surface area contributed by atoms with Crippen LogP contribution in [-0.4, -0.2) is 10.2 Å². The summed E-state index contributed by atoms with van der Waals surface area (Å²) in [6.07, 6.45) is 0. The molecule has 0 aliphatic rings. The molecule has 0 saturated heterocycles. The molecule has 50 valence electrons. The monoisotopic (exact) mass is 148 g/mol. The van der Waals surface area contributed by atoms with Gasteiger partial charge >= 0.3 is 29.6 Å². The summed E-state index contributed by atoms with van der Waals surface area (Å²) in [6.45, 7) is 1.66. The Kier molecular flexibility index (Phi) is 3.79. The van der Waals surface area contributed by atoms with Crippen molar-refractivity contribution in [2.75, 3.05) is 0 Å². The van der Waals surface area contributed by atoms with Gasteiger partial charge in [0, 0.05) is 5.56 Å². The fourth-order valence-electron chi connectivity index (χ4n) is 0.612. The Bertz CT molecular complexity index is 207. The van der Waals surface area contributed by atoms with Gasteiger partial charge in [0.25, 0.3) is 0 Å². The van der Waals surface area contributed by atoms with E-state index in [0.29, 0.717) is 5.56 Å². The topological polar surface area (TPSA) is 40.5 Å². The second kappa shape index (κ2) is 3.86. The van der Waals surface area contributed by atoms with Crippen LogP contribution < -0.4 is 29.6 Å². The first-order valence-corrected chi connectivity index (χ1v) is 2.69. The van der Waals surface area contributed by atoms with Crippen molar-refractivity contribution < 1.29 is 41.2 Å².